The van der Waals surface area contributed by atoms with Gasteiger partial charge in [-0.1, -0.05) is 6.92 Å². The summed E-state index contributed by atoms with van der Waals surface area (Å²) in [5, 5.41) is 9.70. The summed E-state index contributed by atoms with van der Waals surface area (Å²) in [4.78, 5) is 0. The van der Waals surface area contributed by atoms with E-state index in [0.29, 0.717) is 11.3 Å². The highest BCUT2D eigenvalue weighted by molar-refractivity contribution is 5.41. The minimum Gasteiger partial charge on any atom is -0.493 e. The quantitative estimate of drug-likeness (QED) is 0.844. The van der Waals surface area contributed by atoms with Gasteiger partial charge in [-0.3, -0.25) is 0 Å². The van der Waals surface area contributed by atoms with Gasteiger partial charge in [-0.2, -0.15) is 13.2 Å². The lowest BCUT2D eigenvalue weighted by Crippen LogP contribution is -2.48. The fourth-order valence-electron chi connectivity index (χ4n) is 2.66. The van der Waals surface area contributed by atoms with Crippen LogP contribution in [0.4, 0.5) is 17.6 Å². The SMILES string of the molecule is CC1(CC(C)(O)C(F)(F)F)CCOc2ccc(F)cc21. The van der Waals surface area contributed by atoms with Crippen molar-refractivity contribution in [1.82, 2.24) is 0 Å². The number of alkyl halides is 3. The number of benzene rings is 1. The number of aliphatic hydroxyl groups is 1. The van der Waals surface area contributed by atoms with Gasteiger partial charge < -0.3 is 9.84 Å². The van der Waals surface area contributed by atoms with Crippen LogP contribution in [-0.2, 0) is 5.41 Å². The van der Waals surface area contributed by atoms with E-state index in [9.17, 15) is 22.7 Å². The summed E-state index contributed by atoms with van der Waals surface area (Å²) in [6.07, 6.45) is -4.99. The zero-order chi connectivity index (χ0) is 15.2. The number of hydrogen-bond acceptors (Lipinski definition) is 2. The lowest BCUT2D eigenvalue weighted by atomic mass is 9.70. The fraction of sp³-hybridized carbons (Fsp3) is 0.571. The molecule has 112 valence electrons. The summed E-state index contributed by atoms with van der Waals surface area (Å²) in [6, 6.07) is 3.79. The molecule has 0 saturated carbocycles. The van der Waals surface area contributed by atoms with Crippen molar-refractivity contribution in [3.8, 4) is 5.75 Å². The summed E-state index contributed by atoms with van der Waals surface area (Å²) < 4.78 is 57.3. The molecule has 2 atom stereocenters. The predicted molar refractivity (Wildman–Crippen MR) is 65.2 cm³/mol. The third-order valence-corrected chi connectivity index (χ3v) is 3.85. The molecule has 0 bridgehead atoms. The molecule has 1 aliphatic heterocycles. The van der Waals surface area contributed by atoms with E-state index in [0.717, 1.165) is 6.92 Å². The van der Waals surface area contributed by atoms with Crippen LogP contribution in [0.25, 0.3) is 0 Å². The summed E-state index contributed by atoms with van der Waals surface area (Å²) in [5.41, 5.74) is -3.45. The highest BCUT2D eigenvalue weighted by Crippen LogP contribution is 2.47. The molecule has 2 rings (SSSR count). The van der Waals surface area contributed by atoms with E-state index >= 15 is 0 Å². The van der Waals surface area contributed by atoms with Crippen molar-refractivity contribution in [3.05, 3.63) is 29.6 Å². The monoisotopic (exact) mass is 292 g/mol. The Kier molecular flexibility index (Phi) is 3.48. The smallest absolute Gasteiger partial charge is 0.416 e. The van der Waals surface area contributed by atoms with Crippen LogP contribution in [0.5, 0.6) is 5.75 Å². The molecule has 0 aliphatic carbocycles. The second kappa shape index (κ2) is 4.62. The third kappa shape index (κ3) is 2.61. The average molecular weight is 292 g/mol. The Morgan fingerprint density at radius 3 is 2.60 bits per heavy atom. The third-order valence-electron chi connectivity index (χ3n) is 3.85. The van der Waals surface area contributed by atoms with Gasteiger partial charge in [-0.05, 0) is 38.0 Å². The van der Waals surface area contributed by atoms with Gasteiger partial charge in [0.25, 0.3) is 0 Å². The highest BCUT2D eigenvalue weighted by atomic mass is 19.4. The van der Waals surface area contributed by atoms with Gasteiger partial charge in [-0.15, -0.1) is 0 Å². The summed E-state index contributed by atoms with van der Waals surface area (Å²) in [7, 11) is 0. The molecule has 1 N–H and O–H groups in total. The Bertz CT molecular complexity index is 510. The molecule has 20 heavy (non-hydrogen) atoms. The second-order valence-corrected chi connectivity index (χ2v) is 5.75. The lowest BCUT2D eigenvalue weighted by Gasteiger charge is -2.41. The molecule has 6 heteroatoms. The molecule has 2 unspecified atom stereocenters. The predicted octanol–water partition coefficient (Wildman–Crippen LogP) is 3.57. The molecular weight excluding hydrogens is 276 g/mol. The van der Waals surface area contributed by atoms with Crippen molar-refractivity contribution in [2.75, 3.05) is 6.61 Å². The van der Waals surface area contributed by atoms with Gasteiger partial charge >= 0.3 is 6.18 Å². The Hall–Kier alpha value is -1.30. The number of ether oxygens (including phenoxy) is 1. The Balaban J connectivity index is 2.40. The van der Waals surface area contributed by atoms with Crippen LogP contribution in [0.1, 0.15) is 32.3 Å². The molecule has 1 heterocycles. The van der Waals surface area contributed by atoms with E-state index in [1.807, 2.05) is 0 Å². The fourth-order valence-corrected chi connectivity index (χ4v) is 2.66. The molecule has 1 aromatic rings. The van der Waals surface area contributed by atoms with Crippen LogP contribution in [0.2, 0.25) is 0 Å². The summed E-state index contributed by atoms with van der Waals surface area (Å²) in [5.74, 6) is -0.162. The number of halogens is 4. The molecule has 1 aromatic carbocycles. The van der Waals surface area contributed by atoms with Crippen molar-refractivity contribution in [1.29, 1.82) is 0 Å². The first-order valence-electron chi connectivity index (χ1n) is 6.27. The van der Waals surface area contributed by atoms with E-state index < -0.39 is 29.4 Å². The molecule has 0 radical (unpaired) electrons. The Morgan fingerprint density at radius 2 is 2.00 bits per heavy atom. The second-order valence-electron chi connectivity index (χ2n) is 5.75. The molecule has 0 saturated heterocycles. The Morgan fingerprint density at radius 1 is 1.35 bits per heavy atom. The van der Waals surface area contributed by atoms with E-state index in [1.54, 1.807) is 6.92 Å². The normalized spacial score (nSPS) is 25.6. The number of fused-ring (bicyclic) bond motifs is 1. The van der Waals surface area contributed by atoms with Crippen molar-refractivity contribution in [2.45, 2.75) is 43.9 Å². The van der Waals surface area contributed by atoms with Gasteiger partial charge in [0.1, 0.15) is 11.6 Å². The molecule has 0 fully saturated rings. The van der Waals surface area contributed by atoms with E-state index in [4.69, 9.17) is 4.74 Å². The molecule has 1 aliphatic rings. The molecule has 0 spiro atoms. The minimum atomic E-state index is -4.73. The number of hydrogen-bond donors (Lipinski definition) is 1. The van der Waals surface area contributed by atoms with Crippen molar-refractivity contribution in [3.63, 3.8) is 0 Å². The van der Waals surface area contributed by atoms with Crippen LogP contribution in [0.3, 0.4) is 0 Å². The van der Waals surface area contributed by atoms with Gasteiger partial charge in [0, 0.05) is 11.0 Å². The maximum absolute atomic E-state index is 13.4. The molecule has 2 nitrogen and oxygen atoms in total. The zero-order valence-corrected chi connectivity index (χ0v) is 11.2. The maximum atomic E-state index is 13.4. The maximum Gasteiger partial charge on any atom is 0.416 e. The van der Waals surface area contributed by atoms with Crippen LogP contribution in [0, 0.1) is 5.82 Å². The first kappa shape index (κ1) is 15.1. The first-order valence-corrected chi connectivity index (χ1v) is 6.27. The van der Waals surface area contributed by atoms with Crippen LogP contribution in [-0.4, -0.2) is 23.5 Å². The average Bonchev–Trinajstić information content (AvgIpc) is 2.28. The largest absolute Gasteiger partial charge is 0.493 e. The van der Waals surface area contributed by atoms with Gasteiger partial charge in [0.05, 0.1) is 6.61 Å². The summed E-state index contributed by atoms with van der Waals surface area (Å²) >= 11 is 0. The number of rotatable bonds is 2. The Labute approximate surface area is 114 Å². The van der Waals surface area contributed by atoms with E-state index in [2.05, 4.69) is 0 Å². The minimum absolute atomic E-state index is 0.239. The van der Waals surface area contributed by atoms with Crippen LogP contribution >= 0.6 is 0 Å². The van der Waals surface area contributed by atoms with Gasteiger partial charge in [-0.25, -0.2) is 4.39 Å². The van der Waals surface area contributed by atoms with E-state index in [1.165, 1.54) is 18.2 Å². The van der Waals surface area contributed by atoms with Crippen LogP contribution in [0.15, 0.2) is 18.2 Å². The standard InChI is InChI=1S/C14H16F4O2/c1-12(8-13(2,19)14(16,17)18)5-6-20-11-4-3-9(15)7-10(11)12/h3-4,7,19H,5-6,8H2,1-2H3. The van der Waals surface area contributed by atoms with Crippen LogP contribution < -0.4 is 4.74 Å². The first-order chi connectivity index (χ1) is 9.05. The lowest BCUT2D eigenvalue weighted by molar-refractivity contribution is -0.260. The van der Waals surface area contributed by atoms with Crippen molar-refractivity contribution < 1.29 is 27.4 Å². The topological polar surface area (TPSA) is 29.5 Å². The van der Waals surface area contributed by atoms with Crippen molar-refractivity contribution >= 4 is 0 Å². The van der Waals surface area contributed by atoms with Gasteiger partial charge in [0.15, 0.2) is 5.60 Å². The van der Waals surface area contributed by atoms with E-state index in [-0.39, 0.29) is 13.0 Å². The highest BCUT2D eigenvalue weighted by Gasteiger charge is 2.54. The van der Waals surface area contributed by atoms with Gasteiger partial charge in [0.2, 0.25) is 0 Å². The molecule has 0 amide bonds. The van der Waals surface area contributed by atoms with Crippen molar-refractivity contribution in [2.24, 2.45) is 0 Å². The summed E-state index contributed by atoms with van der Waals surface area (Å²) in [6.45, 7) is 2.57. The zero-order valence-electron chi connectivity index (χ0n) is 11.2. The molecular formula is C14H16F4O2. The molecule has 0 aromatic heterocycles.